The van der Waals surface area contributed by atoms with Gasteiger partial charge in [0, 0.05) is 12.8 Å². The molecule has 11 heavy (non-hydrogen) atoms. The second-order valence-corrected chi connectivity index (χ2v) is 3.59. The first kappa shape index (κ1) is 7.29. The number of ether oxygens (including phenoxy) is 1. The maximum Gasteiger partial charge on any atom is 0.135 e. The molecule has 0 saturated heterocycles. The van der Waals surface area contributed by atoms with Crippen LogP contribution >= 0.6 is 0 Å². The highest BCUT2D eigenvalue weighted by molar-refractivity contribution is 5.79. The lowest BCUT2D eigenvalue weighted by molar-refractivity contribution is -0.124. The van der Waals surface area contributed by atoms with E-state index in [-0.39, 0.29) is 6.10 Å². The number of Topliss-reactive ketones (excluding diaryl/α,β-unsaturated/α-hetero) is 1. The summed E-state index contributed by atoms with van der Waals surface area (Å²) in [6.45, 7) is 0. The van der Waals surface area contributed by atoms with E-state index in [1.54, 1.807) is 0 Å². The fraction of sp³-hybridized carbons (Fsp3) is 0.889. The molecule has 0 amide bonds. The molecular weight excluding hydrogens is 140 g/mol. The number of ketones is 1. The van der Waals surface area contributed by atoms with Crippen LogP contribution in [0, 0.1) is 0 Å². The van der Waals surface area contributed by atoms with Crippen molar-refractivity contribution < 1.29 is 9.53 Å². The Morgan fingerprint density at radius 2 is 2.00 bits per heavy atom. The molecule has 0 aromatic heterocycles. The van der Waals surface area contributed by atoms with Crippen LogP contribution in [0.2, 0.25) is 0 Å². The SMILES string of the molecule is O=C1CCCC(OC2CC2)C1. The van der Waals surface area contributed by atoms with E-state index in [1.807, 2.05) is 0 Å². The molecule has 0 N–H and O–H groups in total. The number of hydrogen-bond donors (Lipinski definition) is 0. The van der Waals surface area contributed by atoms with E-state index in [0.29, 0.717) is 18.3 Å². The average molecular weight is 154 g/mol. The molecule has 0 heterocycles. The molecule has 2 rings (SSSR count). The molecule has 2 heteroatoms. The summed E-state index contributed by atoms with van der Waals surface area (Å²) in [7, 11) is 0. The maximum absolute atomic E-state index is 11.0. The third-order valence-electron chi connectivity index (χ3n) is 2.35. The molecule has 0 aliphatic heterocycles. The van der Waals surface area contributed by atoms with Crippen molar-refractivity contribution in [3.8, 4) is 0 Å². The quantitative estimate of drug-likeness (QED) is 0.604. The topological polar surface area (TPSA) is 26.3 Å². The van der Waals surface area contributed by atoms with Crippen LogP contribution in [0.4, 0.5) is 0 Å². The van der Waals surface area contributed by atoms with Crippen LogP contribution in [0.5, 0.6) is 0 Å². The van der Waals surface area contributed by atoms with Crippen LogP contribution in [-0.4, -0.2) is 18.0 Å². The highest BCUT2D eigenvalue weighted by Crippen LogP contribution is 2.29. The second kappa shape index (κ2) is 2.94. The summed E-state index contributed by atoms with van der Waals surface area (Å²) >= 11 is 0. The van der Waals surface area contributed by atoms with Gasteiger partial charge < -0.3 is 4.74 Å². The van der Waals surface area contributed by atoms with Crippen molar-refractivity contribution >= 4 is 5.78 Å². The maximum atomic E-state index is 11.0. The van der Waals surface area contributed by atoms with Gasteiger partial charge in [-0.25, -0.2) is 0 Å². The van der Waals surface area contributed by atoms with E-state index >= 15 is 0 Å². The summed E-state index contributed by atoms with van der Waals surface area (Å²) in [6, 6.07) is 0. The molecular formula is C9H14O2. The molecule has 62 valence electrons. The molecule has 2 saturated carbocycles. The Balaban J connectivity index is 1.77. The average Bonchev–Trinajstić information content (AvgIpc) is 2.71. The van der Waals surface area contributed by atoms with Crippen molar-refractivity contribution in [1.82, 2.24) is 0 Å². The van der Waals surface area contributed by atoms with E-state index in [9.17, 15) is 4.79 Å². The standard InChI is InChI=1S/C9H14O2/c10-7-2-1-3-9(6-7)11-8-4-5-8/h8-9H,1-6H2. The Morgan fingerprint density at radius 1 is 1.18 bits per heavy atom. The van der Waals surface area contributed by atoms with Crippen molar-refractivity contribution in [2.24, 2.45) is 0 Å². The summed E-state index contributed by atoms with van der Waals surface area (Å²) in [4.78, 5) is 11.0. The summed E-state index contributed by atoms with van der Waals surface area (Å²) in [5.41, 5.74) is 0. The number of rotatable bonds is 2. The zero-order valence-electron chi connectivity index (χ0n) is 6.71. The Labute approximate surface area is 66.9 Å². The molecule has 1 atom stereocenters. The van der Waals surface area contributed by atoms with Gasteiger partial charge in [0.2, 0.25) is 0 Å². The summed E-state index contributed by atoms with van der Waals surface area (Å²) in [5.74, 6) is 0.391. The van der Waals surface area contributed by atoms with Crippen molar-refractivity contribution in [2.45, 2.75) is 50.7 Å². The Bertz CT molecular complexity index is 161. The van der Waals surface area contributed by atoms with Gasteiger partial charge >= 0.3 is 0 Å². The van der Waals surface area contributed by atoms with Crippen LogP contribution in [-0.2, 0) is 9.53 Å². The van der Waals surface area contributed by atoms with E-state index in [2.05, 4.69) is 0 Å². The van der Waals surface area contributed by atoms with E-state index in [0.717, 1.165) is 19.3 Å². The first-order valence-electron chi connectivity index (χ1n) is 4.52. The summed E-state index contributed by atoms with van der Waals surface area (Å²) < 4.78 is 5.65. The van der Waals surface area contributed by atoms with Crippen molar-refractivity contribution in [3.05, 3.63) is 0 Å². The Morgan fingerprint density at radius 3 is 2.64 bits per heavy atom. The van der Waals surface area contributed by atoms with Gasteiger partial charge in [-0.1, -0.05) is 0 Å². The minimum absolute atomic E-state index is 0.267. The zero-order valence-corrected chi connectivity index (χ0v) is 6.71. The first-order chi connectivity index (χ1) is 5.34. The largest absolute Gasteiger partial charge is 0.375 e. The Hall–Kier alpha value is -0.370. The van der Waals surface area contributed by atoms with Crippen LogP contribution in [0.3, 0.4) is 0 Å². The molecule has 0 spiro atoms. The first-order valence-corrected chi connectivity index (χ1v) is 4.52. The normalized spacial score (nSPS) is 32.4. The number of carbonyl (C=O) groups is 1. The van der Waals surface area contributed by atoms with Crippen molar-refractivity contribution in [3.63, 3.8) is 0 Å². The van der Waals surface area contributed by atoms with Crippen molar-refractivity contribution in [2.75, 3.05) is 0 Å². The third-order valence-corrected chi connectivity index (χ3v) is 2.35. The molecule has 1 unspecified atom stereocenters. The monoisotopic (exact) mass is 154 g/mol. The second-order valence-electron chi connectivity index (χ2n) is 3.59. The number of hydrogen-bond acceptors (Lipinski definition) is 2. The lowest BCUT2D eigenvalue weighted by Gasteiger charge is -2.20. The minimum Gasteiger partial charge on any atom is -0.375 e. The van der Waals surface area contributed by atoms with E-state index < -0.39 is 0 Å². The molecule has 2 fully saturated rings. The van der Waals surface area contributed by atoms with Crippen molar-refractivity contribution in [1.29, 1.82) is 0 Å². The van der Waals surface area contributed by atoms with Crippen LogP contribution in [0.15, 0.2) is 0 Å². The summed E-state index contributed by atoms with van der Waals surface area (Å²) in [5, 5.41) is 0. The molecule has 0 aromatic rings. The highest BCUT2D eigenvalue weighted by Gasteiger charge is 2.28. The third kappa shape index (κ3) is 2.03. The van der Waals surface area contributed by atoms with Gasteiger partial charge in [0.1, 0.15) is 5.78 Å². The summed E-state index contributed by atoms with van der Waals surface area (Å²) in [6.07, 6.45) is 6.80. The molecule has 0 radical (unpaired) electrons. The van der Waals surface area contributed by atoms with Gasteiger partial charge in [-0.3, -0.25) is 4.79 Å². The van der Waals surface area contributed by atoms with E-state index in [4.69, 9.17) is 4.74 Å². The van der Waals surface area contributed by atoms with Gasteiger partial charge in [-0.15, -0.1) is 0 Å². The smallest absolute Gasteiger partial charge is 0.135 e. The van der Waals surface area contributed by atoms with Gasteiger partial charge in [-0.05, 0) is 25.7 Å². The van der Waals surface area contributed by atoms with Gasteiger partial charge in [-0.2, -0.15) is 0 Å². The predicted molar refractivity (Wildman–Crippen MR) is 41.4 cm³/mol. The van der Waals surface area contributed by atoms with Crippen LogP contribution in [0.25, 0.3) is 0 Å². The molecule has 2 aliphatic carbocycles. The van der Waals surface area contributed by atoms with E-state index in [1.165, 1.54) is 12.8 Å². The molecule has 0 bridgehead atoms. The van der Waals surface area contributed by atoms with Gasteiger partial charge in [0.25, 0.3) is 0 Å². The predicted octanol–water partition coefficient (Wildman–Crippen LogP) is 1.68. The Kier molecular flexibility index (Phi) is 1.95. The molecule has 0 aromatic carbocycles. The highest BCUT2D eigenvalue weighted by atomic mass is 16.5. The molecule has 2 nitrogen and oxygen atoms in total. The minimum atomic E-state index is 0.267. The van der Waals surface area contributed by atoms with Gasteiger partial charge in [0.05, 0.1) is 12.2 Å². The number of carbonyl (C=O) groups excluding carboxylic acids is 1. The fourth-order valence-electron chi connectivity index (χ4n) is 1.58. The fourth-order valence-corrected chi connectivity index (χ4v) is 1.58. The molecule has 2 aliphatic rings. The van der Waals surface area contributed by atoms with Crippen LogP contribution in [0.1, 0.15) is 38.5 Å². The lowest BCUT2D eigenvalue weighted by Crippen LogP contribution is -2.23. The van der Waals surface area contributed by atoms with Gasteiger partial charge in [0.15, 0.2) is 0 Å². The lowest BCUT2D eigenvalue weighted by atomic mass is 9.96. The van der Waals surface area contributed by atoms with Crippen LogP contribution < -0.4 is 0 Å². The zero-order chi connectivity index (χ0) is 7.68.